The topological polar surface area (TPSA) is 244 Å². The van der Waals surface area contributed by atoms with Gasteiger partial charge in [0.25, 0.3) is 0 Å². The second kappa shape index (κ2) is 9.48. The molecule has 1 aliphatic rings. The highest BCUT2D eigenvalue weighted by atomic mass is 16.7. The summed E-state index contributed by atoms with van der Waals surface area (Å²) in [6, 6.07) is 2.96. The molecule has 0 bridgehead atoms. The molecule has 0 aromatic heterocycles. The van der Waals surface area contributed by atoms with Gasteiger partial charge >= 0.3 is 11.9 Å². The predicted molar refractivity (Wildman–Crippen MR) is 105 cm³/mol. The largest absolute Gasteiger partial charge is 0.504 e. The number of rotatable bonds is 5. The number of aliphatic hydroxyl groups excluding tert-OH is 3. The molecular formula is C20H20O14. The van der Waals surface area contributed by atoms with Crippen molar-refractivity contribution < 1.29 is 69.8 Å². The summed E-state index contributed by atoms with van der Waals surface area (Å²) in [5, 5.41) is 87.2. The number of benzene rings is 2. The fourth-order valence-corrected chi connectivity index (χ4v) is 3.16. The molecule has 1 saturated heterocycles. The molecule has 5 atom stereocenters. The Balaban J connectivity index is 1.82. The molecule has 184 valence electrons. The molecule has 0 aliphatic carbocycles. The third-order valence-electron chi connectivity index (χ3n) is 4.91. The van der Waals surface area contributed by atoms with Gasteiger partial charge in [0.1, 0.15) is 12.2 Å². The van der Waals surface area contributed by atoms with Crippen LogP contribution in [0.15, 0.2) is 24.3 Å². The van der Waals surface area contributed by atoms with Gasteiger partial charge in [-0.05, 0) is 24.3 Å². The van der Waals surface area contributed by atoms with Crippen molar-refractivity contribution in [2.24, 2.45) is 0 Å². The van der Waals surface area contributed by atoms with E-state index in [0.29, 0.717) is 0 Å². The molecule has 14 nitrogen and oxygen atoms in total. The number of carbonyl (C=O) groups is 2. The standard InChI is InChI=1S/C20H20O14/c21-5-12-16(33-18(29)6-1-8(22)13(26)9(23)2-6)15(28)17(20(31)32-12)34-19(30)7-3-10(24)14(27)11(25)4-7/h1-4,12,15-17,20-28,31H,5H2/t12-,15+,16-,17-,20-/m1/s1. The van der Waals surface area contributed by atoms with Gasteiger partial charge in [-0.1, -0.05) is 0 Å². The van der Waals surface area contributed by atoms with E-state index in [-0.39, 0.29) is 0 Å². The second-order valence-electron chi connectivity index (χ2n) is 7.20. The van der Waals surface area contributed by atoms with Crippen LogP contribution in [0.25, 0.3) is 0 Å². The summed E-state index contributed by atoms with van der Waals surface area (Å²) < 4.78 is 15.1. The van der Waals surface area contributed by atoms with Crippen LogP contribution in [0.1, 0.15) is 20.7 Å². The lowest BCUT2D eigenvalue weighted by Gasteiger charge is -2.41. The lowest BCUT2D eigenvalue weighted by molar-refractivity contribution is -0.285. The zero-order chi connectivity index (χ0) is 25.3. The fourth-order valence-electron chi connectivity index (χ4n) is 3.16. The van der Waals surface area contributed by atoms with E-state index < -0.39 is 94.9 Å². The zero-order valence-corrected chi connectivity index (χ0v) is 17.0. The molecule has 14 heteroatoms. The van der Waals surface area contributed by atoms with Crippen molar-refractivity contribution in [1.82, 2.24) is 0 Å². The van der Waals surface area contributed by atoms with Crippen LogP contribution in [0, 0.1) is 0 Å². The van der Waals surface area contributed by atoms with Crippen LogP contribution >= 0.6 is 0 Å². The van der Waals surface area contributed by atoms with Crippen molar-refractivity contribution in [3.8, 4) is 34.5 Å². The van der Waals surface area contributed by atoms with Crippen LogP contribution in [0.5, 0.6) is 34.5 Å². The van der Waals surface area contributed by atoms with Crippen molar-refractivity contribution in [2.45, 2.75) is 30.7 Å². The van der Waals surface area contributed by atoms with E-state index in [9.17, 15) is 55.5 Å². The van der Waals surface area contributed by atoms with Gasteiger partial charge in [-0.25, -0.2) is 9.59 Å². The summed E-state index contributed by atoms with van der Waals surface area (Å²) in [6.07, 6.45) is -9.12. The maximum absolute atomic E-state index is 12.5. The first kappa shape index (κ1) is 24.7. The summed E-state index contributed by atoms with van der Waals surface area (Å²) in [4.78, 5) is 24.8. The maximum atomic E-state index is 12.5. The highest BCUT2D eigenvalue weighted by Crippen LogP contribution is 2.37. The lowest BCUT2D eigenvalue weighted by Crippen LogP contribution is -2.61. The van der Waals surface area contributed by atoms with Crippen molar-refractivity contribution in [1.29, 1.82) is 0 Å². The van der Waals surface area contributed by atoms with Gasteiger partial charge in [0.05, 0.1) is 17.7 Å². The first-order valence-corrected chi connectivity index (χ1v) is 9.48. The third kappa shape index (κ3) is 4.69. The molecule has 1 heterocycles. The molecular weight excluding hydrogens is 464 g/mol. The van der Waals surface area contributed by atoms with Gasteiger partial charge in [-0.2, -0.15) is 0 Å². The predicted octanol–water partition coefficient (Wildman–Crippen LogP) is -1.26. The molecule has 9 N–H and O–H groups in total. The third-order valence-corrected chi connectivity index (χ3v) is 4.91. The molecule has 0 saturated carbocycles. The number of phenols is 6. The molecule has 2 aromatic carbocycles. The van der Waals surface area contributed by atoms with Crippen molar-refractivity contribution >= 4 is 11.9 Å². The first-order chi connectivity index (χ1) is 15.9. The summed E-state index contributed by atoms with van der Waals surface area (Å²) in [6.45, 7) is -0.863. The minimum atomic E-state index is -2.01. The van der Waals surface area contributed by atoms with E-state index in [1.807, 2.05) is 0 Å². The van der Waals surface area contributed by atoms with E-state index in [1.54, 1.807) is 0 Å². The summed E-state index contributed by atoms with van der Waals surface area (Å²) in [7, 11) is 0. The van der Waals surface area contributed by atoms with E-state index in [4.69, 9.17) is 14.2 Å². The van der Waals surface area contributed by atoms with Crippen LogP contribution < -0.4 is 0 Å². The Kier molecular flexibility index (Phi) is 6.88. The Labute approximate surface area is 189 Å². The molecule has 3 rings (SSSR count). The molecule has 0 unspecified atom stereocenters. The quantitative estimate of drug-likeness (QED) is 0.178. The number of aromatic hydroxyl groups is 6. The Hall–Kier alpha value is -3.98. The normalized spacial score (nSPS) is 24.4. The van der Waals surface area contributed by atoms with Crippen LogP contribution in [-0.4, -0.2) is 95.2 Å². The molecule has 1 fully saturated rings. The number of phenolic OH excluding ortho intramolecular Hbond substituents is 6. The number of ether oxygens (including phenoxy) is 3. The van der Waals surface area contributed by atoms with Gasteiger partial charge in [0, 0.05) is 0 Å². The van der Waals surface area contributed by atoms with Crippen molar-refractivity contribution in [3.63, 3.8) is 0 Å². The molecule has 1 aliphatic heterocycles. The Morgan fingerprint density at radius 3 is 1.50 bits per heavy atom. The van der Waals surface area contributed by atoms with Crippen LogP contribution in [0.2, 0.25) is 0 Å². The number of esters is 2. The number of aliphatic hydroxyl groups is 3. The summed E-state index contributed by atoms with van der Waals surface area (Å²) in [5.74, 6) is -7.78. The Morgan fingerprint density at radius 2 is 1.12 bits per heavy atom. The number of hydrogen-bond acceptors (Lipinski definition) is 14. The SMILES string of the molecule is O=C(O[C@@H]1[C@@H](O)[C@H](OC(=O)c2cc(O)c(O)c(O)c2)[C@@H](CO)O[C@H]1O)c1cc(O)c(O)c(O)c1. The van der Waals surface area contributed by atoms with Crippen LogP contribution in [-0.2, 0) is 14.2 Å². The van der Waals surface area contributed by atoms with E-state index >= 15 is 0 Å². The Bertz CT molecular complexity index is 1050. The fraction of sp³-hybridized carbons (Fsp3) is 0.300. The molecule has 2 aromatic rings. The lowest BCUT2D eigenvalue weighted by atomic mass is 9.98. The smallest absolute Gasteiger partial charge is 0.338 e. The van der Waals surface area contributed by atoms with Crippen LogP contribution in [0.4, 0.5) is 0 Å². The van der Waals surface area contributed by atoms with Gasteiger partial charge < -0.3 is 60.2 Å². The van der Waals surface area contributed by atoms with E-state index in [2.05, 4.69) is 0 Å². The number of hydrogen-bond donors (Lipinski definition) is 9. The minimum Gasteiger partial charge on any atom is -0.504 e. The van der Waals surface area contributed by atoms with E-state index in [1.165, 1.54) is 0 Å². The van der Waals surface area contributed by atoms with Crippen molar-refractivity contribution in [2.75, 3.05) is 6.61 Å². The second-order valence-corrected chi connectivity index (χ2v) is 7.20. The molecule has 0 radical (unpaired) electrons. The van der Waals surface area contributed by atoms with Gasteiger partial charge in [0.15, 0.2) is 53.0 Å². The first-order valence-electron chi connectivity index (χ1n) is 9.48. The molecule has 0 spiro atoms. The Morgan fingerprint density at radius 1 is 0.735 bits per heavy atom. The van der Waals surface area contributed by atoms with E-state index in [0.717, 1.165) is 24.3 Å². The highest BCUT2D eigenvalue weighted by molar-refractivity contribution is 5.92. The van der Waals surface area contributed by atoms with Crippen molar-refractivity contribution in [3.05, 3.63) is 35.4 Å². The molecule has 0 amide bonds. The maximum Gasteiger partial charge on any atom is 0.338 e. The molecule has 34 heavy (non-hydrogen) atoms. The zero-order valence-electron chi connectivity index (χ0n) is 17.0. The minimum absolute atomic E-state index is 0.466. The number of carbonyl (C=O) groups excluding carboxylic acids is 2. The van der Waals surface area contributed by atoms with Gasteiger partial charge in [-0.15, -0.1) is 0 Å². The van der Waals surface area contributed by atoms with Gasteiger partial charge in [0.2, 0.25) is 0 Å². The van der Waals surface area contributed by atoms with Crippen LogP contribution in [0.3, 0.4) is 0 Å². The highest BCUT2D eigenvalue weighted by Gasteiger charge is 2.49. The van der Waals surface area contributed by atoms with Gasteiger partial charge in [-0.3, -0.25) is 0 Å². The summed E-state index contributed by atoms with van der Waals surface area (Å²) in [5.41, 5.74) is -0.952. The average Bonchev–Trinajstić information content (AvgIpc) is 2.79. The summed E-state index contributed by atoms with van der Waals surface area (Å²) >= 11 is 0. The average molecular weight is 484 g/mol. The monoisotopic (exact) mass is 484 g/mol.